The Kier molecular flexibility index (Phi) is 5.47. The lowest BCUT2D eigenvalue weighted by Gasteiger charge is -2.24. The quantitative estimate of drug-likeness (QED) is 0.609. The van der Waals surface area contributed by atoms with Crippen molar-refractivity contribution >= 4 is 34.3 Å². The zero-order chi connectivity index (χ0) is 21.3. The van der Waals surface area contributed by atoms with E-state index in [1.165, 1.54) is 0 Å². The molecule has 1 aliphatic heterocycles. The minimum atomic E-state index is -0.506. The molecule has 4 heterocycles. The van der Waals surface area contributed by atoms with Crippen LogP contribution >= 0.6 is 11.6 Å². The van der Waals surface area contributed by atoms with Crippen molar-refractivity contribution in [2.45, 2.75) is 38.8 Å². The van der Waals surface area contributed by atoms with Gasteiger partial charge in [-0.2, -0.15) is 0 Å². The molecule has 0 aliphatic carbocycles. The van der Waals surface area contributed by atoms with E-state index in [1.54, 1.807) is 23.4 Å². The number of halogens is 1. The second-order valence-electron chi connectivity index (χ2n) is 8.38. The molecule has 0 aromatic carbocycles. The van der Waals surface area contributed by atoms with E-state index in [9.17, 15) is 4.79 Å². The van der Waals surface area contributed by atoms with Crippen LogP contribution in [0.4, 0.5) is 10.6 Å². The third kappa shape index (κ3) is 4.62. The van der Waals surface area contributed by atoms with E-state index in [0.29, 0.717) is 18.2 Å². The molecule has 156 valence electrons. The monoisotopic (exact) mass is 425 g/mol. The Morgan fingerprint density at radius 2 is 2.10 bits per heavy atom. The van der Waals surface area contributed by atoms with Crippen LogP contribution in [0.1, 0.15) is 27.2 Å². The predicted octanol–water partition coefficient (Wildman–Crippen LogP) is 4.77. The van der Waals surface area contributed by atoms with Crippen LogP contribution in [-0.4, -0.2) is 50.7 Å². The molecule has 3 aromatic rings. The van der Waals surface area contributed by atoms with Gasteiger partial charge in [0.25, 0.3) is 0 Å². The summed E-state index contributed by atoms with van der Waals surface area (Å²) in [6, 6.07) is 7.67. The topological polar surface area (TPSA) is 80.2 Å². The maximum absolute atomic E-state index is 12.4. The highest BCUT2D eigenvalue weighted by atomic mass is 35.5. The first kappa shape index (κ1) is 20.3. The van der Waals surface area contributed by atoms with Gasteiger partial charge in [0.2, 0.25) is 0 Å². The van der Waals surface area contributed by atoms with E-state index in [-0.39, 0.29) is 12.1 Å². The number of hydrogen-bond donors (Lipinski definition) is 1. The van der Waals surface area contributed by atoms with E-state index in [0.717, 1.165) is 34.3 Å². The van der Waals surface area contributed by atoms with Crippen molar-refractivity contribution in [1.82, 2.24) is 19.9 Å². The zero-order valence-corrected chi connectivity index (χ0v) is 18.0. The number of hydrogen-bond acceptors (Lipinski definition) is 6. The summed E-state index contributed by atoms with van der Waals surface area (Å²) in [6.07, 6.45) is 5.76. The van der Waals surface area contributed by atoms with Crippen LogP contribution in [0.3, 0.4) is 0 Å². The van der Waals surface area contributed by atoms with Crippen LogP contribution in [0.25, 0.3) is 22.0 Å². The van der Waals surface area contributed by atoms with Crippen LogP contribution < -0.4 is 5.32 Å². The molecule has 0 radical (unpaired) electrons. The molecular weight excluding hydrogens is 402 g/mol. The summed E-state index contributed by atoms with van der Waals surface area (Å²) in [4.78, 5) is 27.2. The van der Waals surface area contributed by atoms with Gasteiger partial charge in [0.05, 0.1) is 5.69 Å². The van der Waals surface area contributed by atoms with Crippen LogP contribution in [-0.2, 0) is 4.74 Å². The molecule has 4 rings (SSSR count). The van der Waals surface area contributed by atoms with Crippen molar-refractivity contribution in [3.8, 4) is 11.3 Å². The molecule has 30 heavy (non-hydrogen) atoms. The van der Waals surface area contributed by atoms with Gasteiger partial charge in [0.15, 0.2) is 0 Å². The maximum atomic E-state index is 12.4. The molecular formula is C22H24ClN5O2. The fourth-order valence-electron chi connectivity index (χ4n) is 3.48. The number of likely N-dealkylation sites (tertiary alicyclic amines) is 1. The molecule has 1 aliphatic rings. The van der Waals surface area contributed by atoms with Gasteiger partial charge in [-0.05, 0) is 51.5 Å². The summed E-state index contributed by atoms with van der Waals surface area (Å²) < 4.78 is 5.50. The van der Waals surface area contributed by atoms with Gasteiger partial charge < -0.3 is 15.0 Å². The second kappa shape index (κ2) is 8.07. The van der Waals surface area contributed by atoms with E-state index in [4.69, 9.17) is 21.3 Å². The summed E-state index contributed by atoms with van der Waals surface area (Å²) >= 11 is 6.07. The van der Waals surface area contributed by atoms with Crippen molar-refractivity contribution in [2.24, 2.45) is 0 Å². The van der Waals surface area contributed by atoms with Gasteiger partial charge in [0.1, 0.15) is 16.6 Å². The minimum Gasteiger partial charge on any atom is -0.444 e. The van der Waals surface area contributed by atoms with Gasteiger partial charge in [-0.1, -0.05) is 11.6 Å². The largest absolute Gasteiger partial charge is 0.444 e. The van der Waals surface area contributed by atoms with E-state index >= 15 is 0 Å². The van der Waals surface area contributed by atoms with Crippen LogP contribution in [0.2, 0.25) is 5.15 Å². The summed E-state index contributed by atoms with van der Waals surface area (Å²) in [5.74, 6) is 0.758. The van der Waals surface area contributed by atoms with Crippen LogP contribution in [0, 0.1) is 0 Å². The first-order valence-corrected chi connectivity index (χ1v) is 10.3. The smallest absolute Gasteiger partial charge is 0.410 e. The van der Waals surface area contributed by atoms with Gasteiger partial charge >= 0.3 is 6.09 Å². The first-order chi connectivity index (χ1) is 14.3. The number of amides is 1. The summed E-state index contributed by atoms with van der Waals surface area (Å²) in [5.41, 5.74) is 1.16. The predicted molar refractivity (Wildman–Crippen MR) is 118 cm³/mol. The number of rotatable bonds is 3. The third-order valence-electron chi connectivity index (χ3n) is 4.83. The van der Waals surface area contributed by atoms with Crippen molar-refractivity contribution in [3.63, 3.8) is 0 Å². The number of ether oxygens (including phenoxy) is 1. The Morgan fingerprint density at radius 3 is 2.87 bits per heavy atom. The lowest BCUT2D eigenvalue weighted by Crippen LogP contribution is -2.36. The molecule has 1 atom stereocenters. The van der Waals surface area contributed by atoms with Crippen molar-refractivity contribution in [3.05, 3.63) is 48.0 Å². The van der Waals surface area contributed by atoms with Crippen LogP contribution in [0.15, 0.2) is 42.9 Å². The Hall–Kier alpha value is -2.93. The number of nitrogens with one attached hydrogen (secondary N) is 1. The number of pyridine rings is 3. The van der Waals surface area contributed by atoms with Crippen LogP contribution in [0.5, 0.6) is 0 Å². The normalized spacial score (nSPS) is 16.7. The first-order valence-electron chi connectivity index (χ1n) is 9.90. The number of carbonyl (C=O) groups is 1. The second-order valence-corrected chi connectivity index (χ2v) is 8.76. The Balaban J connectivity index is 1.59. The van der Waals surface area contributed by atoms with Crippen molar-refractivity contribution < 1.29 is 9.53 Å². The fourth-order valence-corrected chi connectivity index (χ4v) is 3.65. The number of nitrogens with zero attached hydrogens (tertiary/aromatic N) is 4. The third-order valence-corrected chi connectivity index (χ3v) is 5.04. The highest BCUT2D eigenvalue weighted by molar-refractivity contribution is 6.29. The molecule has 1 N–H and O–H groups in total. The molecule has 0 spiro atoms. The van der Waals surface area contributed by atoms with E-state index < -0.39 is 5.60 Å². The molecule has 0 saturated carbocycles. The van der Waals surface area contributed by atoms with Crippen molar-refractivity contribution in [1.29, 1.82) is 0 Å². The Labute approximate surface area is 180 Å². The molecule has 3 aromatic heterocycles. The standard InChI is InChI=1S/C22H24ClN5O2/c1-22(2,3)30-21(29)28-9-6-16(13-28)26-20-17-5-7-24-12-15(17)10-18(27-20)14-4-8-25-19(23)11-14/h4-5,7-8,10-12,16H,6,9,13H2,1-3H3,(H,26,27)/t16-/m0/s1. The fraction of sp³-hybridized carbons (Fsp3) is 0.364. The highest BCUT2D eigenvalue weighted by Crippen LogP contribution is 2.29. The number of fused-ring (bicyclic) bond motifs is 1. The molecule has 1 amide bonds. The lowest BCUT2D eigenvalue weighted by atomic mass is 10.1. The number of aromatic nitrogens is 3. The number of anilines is 1. The Morgan fingerprint density at radius 1 is 1.27 bits per heavy atom. The average molecular weight is 426 g/mol. The summed E-state index contributed by atoms with van der Waals surface area (Å²) in [7, 11) is 0. The summed E-state index contributed by atoms with van der Waals surface area (Å²) in [5, 5.41) is 5.88. The van der Waals surface area contributed by atoms with Gasteiger partial charge in [0, 0.05) is 54.1 Å². The molecule has 1 fully saturated rings. The minimum absolute atomic E-state index is 0.0812. The average Bonchev–Trinajstić information content (AvgIpc) is 3.15. The molecule has 0 bridgehead atoms. The summed E-state index contributed by atoms with van der Waals surface area (Å²) in [6.45, 7) is 6.83. The van der Waals surface area contributed by atoms with Gasteiger partial charge in [-0.25, -0.2) is 14.8 Å². The van der Waals surface area contributed by atoms with E-state index in [1.807, 2.05) is 45.2 Å². The molecule has 8 heteroatoms. The molecule has 7 nitrogen and oxygen atoms in total. The lowest BCUT2D eigenvalue weighted by molar-refractivity contribution is 0.0293. The van der Waals surface area contributed by atoms with Gasteiger partial charge in [-0.3, -0.25) is 4.98 Å². The number of carbonyl (C=O) groups excluding carboxylic acids is 1. The molecule has 1 saturated heterocycles. The SMILES string of the molecule is CC(C)(C)OC(=O)N1CC[C@H](Nc2nc(-c3ccnc(Cl)c3)cc3cnccc23)C1. The maximum Gasteiger partial charge on any atom is 0.410 e. The zero-order valence-electron chi connectivity index (χ0n) is 17.2. The highest BCUT2D eigenvalue weighted by Gasteiger charge is 2.30. The van der Waals surface area contributed by atoms with Gasteiger partial charge in [-0.15, -0.1) is 0 Å². The van der Waals surface area contributed by atoms with E-state index in [2.05, 4.69) is 15.3 Å². The molecule has 0 unspecified atom stereocenters. The Bertz CT molecular complexity index is 1080. The van der Waals surface area contributed by atoms with Crippen molar-refractivity contribution in [2.75, 3.05) is 18.4 Å².